The van der Waals surface area contributed by atoms with Gasteiger partial charge in [-0.15, -0.1) is 0 Å². The number of ether oxygens (including phenoxy) is 1. The smallest absolute Gasteiger partial charge is 0.241 e. The lowest BCUT2D eigenvalue weighted by Gasteiger charge is -2.15. The van der Waals surface area contributed by atoms with Gasteiger partial charge in [0.1, 0.15) is 17.0 Å². The van der Waals surface area contributed by atoms with Gasteiger partial charge in [-0.2, -0.15) is 4.98 Å². The Bertz CT molecular complexity index is 361. The third kappa shape index (κ3) is 4.05. The van der Waals surface area contributed by atoms with Crippen LogP contribution in [0.25, 0.3) is 0 Å². The number of aliphatic hydroxyl groups excluding tert-OH is 1. The van der Waals surface area contributed by atoms with Crippen molar-refractivity contribution in [3.05, 3.63) is 6.33 Å². The molecule has 0 saturated carbocycles. The lowest BCUT2D eigenvalue weighted by molar-refractivity contribution is 0.196. The van der Waals surface area contributed by atoms with Gasteiger partial charge in [0.25, 0.3) is 0 Å². The summed E-state index contributed by atoms with van der Waals surface area (Å²) in [6.45, 7) is 6.26. The topological polar surface area (TPSA) is 81.3 Å². The molecular weight excluding hydrogens is 238 g/mol. The summed E-state index contributed by atoms with van der Waals surface area (Å²) >= 11 is 1.42. The Labute approximate surface area is 106 Å². The molecule has 0 aliphatic heterocycles. The van der Waals surface area contributed by atoms with Crippen molar-refractivity contribution in [1.82, 2.24) is 9.97 Å². The van der Waals surface area contributed by atoms with Crippen LogP contribution in [-0.2, 0) is 0 Å². The highest BCUT2D eigenvalue weighted by Gasteiger charge is 2.16. The number of rotatable bonds is 6. The van der Waals surface area contributed by atoms with Crippen LogP contribution in [0.4, 0.5) is 5.69 Å². The Morgan fingerprint density at radius 1 is 1.47 bits per heavy atom. The molecule has 17 heavy (non-hydrogen) atoms. The van der Waals surface area contributed by atoms with Crippen molar-refractivity contribution in [2.75, 3.05) is 12.3 Å². The highest BCUT2D eigenvalue weighted by atomic mass is 32.2. The minimum atomic E-state index is -0.422. The molecular formula is C11H19N3O2S. The van der Waals surface area contributed by atoms with E-state index in [2.05, 4.69) is 9.97 Å². The van der Waals surface area contributed by atoms with Gasteiger partial charge in [-0.05, 0) is 13.3 Å². The highest BCUT2D eigenvalue weighted by molar-refractivity contribution is 8.00. The summed E-state index contributed by atoms with van der Waals surface area (Å²) in [4.78, 5) is 8.10. The second kappa shape index (κ2) is 6.66. The minimum Gasteiger partial charge on any atom is -0.476 e. The molecule has 1 aromatic heterocycles. The molecule has 0 fully saturated rings. The summed E-state index contributed by atoms with van der Waals surface area (Å²) in [7, 11) is 0. The molecule has 0 spiro atoms. The summed E-state index contributed by atoms with van der Waals surface area (Å²) in [5.41, 5.74) is 6.36. The second-order valence-electron chi connectivity index (χ2n) is 3.81. The Hall–Kier alpha value is -1.01. The molecule has 0 amide bonds. The van der Waals surface area contributed by atoms with E-state index in [4.69, 9.17) is 10.5 Å². The maximum atomic E-state index is 9.45. The van der Waals surface area contributed by atoms with Gasteiger partial charge in [-0.25, -0.2) is 4.98 Å². The van der Waals surface area contributed by atoms with Gasteiger partial charge in [0.2, 0.25) is 5.88 Å². The van der Waals surface area contributed by atoms with Crippen LogP contribution < -0.4 is 10.5 Å². The fourth-order valence-corrected chi connectivity index (χ4v) is 1.92. The molecule has 0 aliphatic carbocycles. The van der Waals surface area contributed by atoms with Crippen LogP contribution in [-0.4, -0.2) is 33.0 Å². The molecule has 2 unspecified atom stereocenters. The van der Waals surface area contributed by atoms with E-state index < -0.39 is 6.10 Å². The molecule has 2 atom stereocenters. The first-order chi connectivity index (χ1) is 8.06. The van der Waals surface area contributed by atoms with Gasteiger partial charge in [0, 0.05) is 5.25 Å². The SMILES string of the molecule is CCCOc1ncnc(SC(C)C(C)O)c1N. The average molecular weight is 257 g/mol. The maximum absolute atomic E-state index is 9.45. The first kappa shape index (κ1) is 14.1. The molecule has 1 rings (SSSR count). The Balaban J connectivity index is 2.79. The number of nitrogens with two attached hydrogens (primary N) is 1. The van der Waals surface area contributed by atoms with Gasteiger partial charge >= 0.3 is 0 Å². The summed E-state index contributed by atoms with van der Waals surface area (Å²) in [5, 5.41) is 10.1. The van der Waals surface area contributed by atoms with Crippen molar-refractivity contribution in [2.45, 2.75) is 43.6 Å². The van der Waals surface area contributed by atoms with E-state index in [1.54, 1.807) is 6.92 Å². The Morgan fingerprint density at radius 3 is 2.76 bits per heavy atom. The standard InChI is InChI=1S/C11H19N3O2S/c1-4-5-16-10-9(12)11(14-6-13-10)17-8(3)7(2)15/h6-8,15H,4-5,12H2,1-3H3. The zero-order valence-electron chi connectivity index (χ0n) is 10.4. The van der Waals surface area contributed by atoms with Gasteiger partial charge < -0.3 is 15.6 Å². The summed E-state index contributed by atoms with van der Waals surface area (Å²) < 4.78 is 5.42. The van der Waals surface area contributed by atoms with Crippen LogP contribution in [0, 0.1) is 0 Å². The average Bonchev–Trinajstić information content (AvgIpc) is 2.30. The van der Waals surface area contributed by atoms with Crippen LogP contribution in [0.3, 0.4) is 0 Å². The van der Waals surface area contributed by atoms with E-state index in [9.17, 15) is 5.11 Å². The zero-order chi connectivity index (χ0) is 12.8. The maximum Gasteiger partial charge on any atom is 0.241 e. The van der Waals surface area contributed by atoms with Crippen molar-refractivity contribution in [1.29, 1.82) is 0 Å². The molecule has 96 valence electrons. The molecule has 0 saturated heterocycles. The summed E-state index contributed by atoms with van der Waals surface area (Å²) in [6.07, 6.45) is 1.91. The van der Waals surface area contributed by atoms with Crippen molar-refractivity contribution in [3.8, 4) is 5.88 Å². The molecule has 0 bridgehead atoms. The van der Waals surface area contributed by atoms with Gasteiger partial charge in [-0.3, -0.25) is 0 Å². The fraction of sp³-hybridized carbons (Fsp3) is 0.636. The van der Waals surface area contributed by atoms with Crippen molar-refractivity contribution >= 4 is 17.4 Å². The van der Waals surface area contributed by atoms with E-state index >= 15 is 0 Å². The monoisotopic (exact) mass is 257 g/mol. The number of nitrogens with zero attached hydrogens (tertiary/aromatic N) is 2. The lowest BCUT2D eigenvalue weighted by Crippen LogP contribution is -2.15. The van der Waals surface area contributed by atoms with E-state index in [-0.39, 0.29) is 5.25 Å². The van der Waals surface area contributed by atoms with Gasteiger partial charge in [-0.1, -0.05) is 25.6 Å². The lowest BCUT2D eigenvalue weighted by atomic mass is 10.3. The molecule has 1 aromatic rings. The first-order valence-corrected chi connectivity index (χ1v) is 6.52. The highest BCUT2D eigenvalue weighted by Crippen LogP contribution is 2.32. The van der Waals surface area contributed by atoms with Crippen molar-refractivity contribution in [3.63, 3.8) is 0 Å². The molecule has 6 heteroatoms. The van der Waals surface area contributed by atoms with E-state index in [1.807, 2.05) is 13.8 Å². The molecule has 0 aliphatic rings. The van der Waals surface area contributed by atoms with Crippen LogP contribution >= 0.6 is 11.8 Å². The quantitative estimate of drug-likeness (QED) is 0.596. The predicted molar refractivity (Wildman–Crippen MR) is 69.2 cm³/mol. The number of anilines is 1. The molecule has 0 radical (unpaired) electrons. The van der Waals surface area contributed by atoms with E-state index in [0.717, 1.165) is 6.42 Å². The third-order valence-electron chi connectivity index (χ3n) is 2.23. The zero-order valence-corrected chi connectivity index (χ0v) is 11.2. The minimum absolute atomic E-state index is 0.0197. The van der Waals surface area contributed by atoms with Crippen molar-refractivity contribution in [2.24, 2.45) is 0 Å². The van der Waals surface area contributed by atoms with E-state index in [1.165, 1.54) is 18.1 Å². The van der Waals surface area contributed by atoms with Gasteiger partial charge in [0.15, 0.2) is 0 Å². The van der Waals surface area contributed by atoms with E-state index in [0.29, 0.717) is 23.2 Å². The Kier molecular flexibility index (Phi) is 5.50. The number of thioether (sulfide) groups is 1. The fourth-order valence-electron chi connectivity index (χ4n) is 1.05. The Morgan fingerprint density at radius 2 is 2.18 bits per heavy atom. The van der Waals surface area contributed by atoms with Crippen LogP contribution in [0.2, 0.25) is 0 Å². The molecule has 3 N–H and O–H groups in total. The number of nitrogen functional groups attached to an aromatic ring is 1. The second-order valence-corrected chi connectivity index (χ2v) is 5.18. The number of hydrogen-bond donors (Lipinski definition) is 2. The largest absolute Gasteiger partial charge is 0.476 e. The molecule has 5 nitrogen and oxygen atoms in total. The molecule has 0 aromatic carbocycles. The van der Waals surface area contributed by atoms with Crippen LogP contribution in [0.15, 0.2) is 11.4 Å². The first-order valence-electron chi connectivity index (χ1n) is 5.64. The predicted octanol–water partition coefficient (Wildman–Crippen LogP) is 1.71. The third-order valence-corrected chi connectivity index (χ3v) is 3.54. The van der Waals surface area contributed by atoms with Crippen LogP contribution in [0.1, 0.15) is 27.2 Å². The summed E-state index contributed by atoms with van der Waals surface area (Å²) in [5.74, 6) is 0.419. The number of hydrogen-bond acceptors (Lipinski definition) is 6. The summed E-state index contributed by atoms with van der Waals surface area (Å²) in [6, 6.07) is 0. The van der Waals surface area contributed by atoms with Crippen LogP contribution in [0.5, 0.6) is 5.88 Å². The normalized spacial score (nSPS) is 14.4. The van der Waals surface area contributed by atoms with Gasteiger partial charge in [0.05, 0.1) is 12.7 Å². The van der Waals surface area contributed by atoms with Crippen molar-refractivity contribution < 1.29 is 9.84 Å². The number of aromatic nitrogens is 2. The molecule has 1 heterocycles. The number of aliphatic hydroxyl groups is 1.